The molecule has 2 N–H and O–H groups in total. The van der Waals surface area contributed by atoms with Gasteiger partial charge in [-0.15, -0.1) is 12.4 Å². The molecule has 1 rings (SSSR count). The van der Waals surface area contributed by atoms with Gasteiger partial charge in [-0.05, 0) is 25.2 Å². The molecule has 0 aliphatic heterocycles. The van der Waals surface area contributed by atoms with E-state index in [0.717, 1.165) is 19.2 Å². The SMILES string of the molecule is CNCCNS(=O)(=O)c1ccc(C(=O)OC)c(C(F)(F)F)c1.Cl. The van der Waals surface area contributed by atoms with Crippen LogP contribution in [0, 0.1) is 0 Å². The number of methoxy groups -OCH3 is 1. The average molecular weight is 377 g/mol. The van der Waals surface area contributed by atoms with E-state index in [1.807, 2.05) is 0 Å². The molecule has 0 atom stereocenters. The third-order valence-electron chi connectivity index (χ3n) is 2.68. The van der Waals surface area contributed by atoms with Gasteiger partial charge in [-0.3, -0.25) is 0 Å². The van der Waals surface area contributed by atoms with Crippen LogP contribution in [-0.2, 0) is 20.9 Å². The summed E-state index contributed by atoms with van der Waals surface area (Å²) in [7, 11) is -1.57. The molecule has 0 radical (unpaired) electrons. The number of sulfonamides is 1. The second-order valence-corrected chi connectivity index (χ2v) is 5.97. The van der Waals surface area contributed by atoms with E-state index >= 15 is 0 Å². The summed E-state index contributed by atoms with van der Waals surface area (Å²) in [5.41, 5.74) is -2.11. The molecular weight excluding hydrogens is 361 g/mol. The standard InChI is InChI=1S/C12H15F3N2O4S.ClH/c1-16-5-6-17-22(19,20)8-3-4-9(11(18)21-2)10(7-8)12(13,14)15;/h3-4,7,16-17H,5-6H2,1-2H3;1H. The van der Waals surface area contributed by atoms with Crippen molar-refractivity contribution >= 4 is 28.4 Å². The molecular formula is C12H16ClF3N2O4S. The van der Waals surface area contributed by atoms with Gasteiger partial charge in [0.05, 0.1) is 23.1 Å². The van der Waals surface area contributed by atoms with Crippen molar-refractivity contribution in [2.75, 3.05) is 27.2 Å². The number of carbonyl (C=O) groups excluding carboxylic acids is 1. The molecule has 0 bridgehead atoms. The van der Waals surface area contributed by atoms with E-state index in [1.165, 1.54) is 0 Å². The summed E-state index contributed by atoms with van der Waals surface area (Å²) < 4.78 is 69.2. The highest BCUT2D eigenvalue weighted by Gasteiger charge is 2.36. The fourth-order valence-electron chi connectivity index (χ4n) is 1.61. The predicted octanol–water partition coefficient (Wildman–Crippen LogP) is 1.41. The number of benzene rings is 1. The van der Waals surface area contributed by atoms with Gasteiger partial charge >= 0.3 is 12.1 Å². The van der Waals surface area contributed by atoms with Crippen molar-refractivity contribution in [1.82, 2.24) is 10.0 Å². The van der Waals surface area contributed by atoms with Crippen LogP contribution in [0.5, 0.6) is 0 Å². The molecule has 0 spiro atoms. The summed E-state index contributed by atoms with van der Waals surface area (Å²) in [4.78, 5) is 10.8. The Hall–Kier alpha value is -1.36. The van der Waals surface area contributed by atoms with Crippen LogP contribution in [0.25, 0.3) is 0 Å². The topological polar surface area (TPSA) is 84.5 Å². The van der Waals surface area contributed by atoms with Crippen molar-refractivity contribution in [2.45, 2.75) is 11.1 Å². The Balaban J connectivity index is 0.00000484. The first kappa shape index (κ1) is 21.6. The zero-order valence-corrected chi connectivity index (χ0v) is 13.9. The maximum atomic E-state index is 13.0. The molecule has 0 saturated carbocycles. The van der Waals surface area contributed by atoms with E-state index in [-0.39, 0.29) is 19.0 Å². The fraction of sp³-hybridized carbons (Fsp3) is 0.417. The number of nitrogens with one attached hydrogen (secondary N) is 2. The van der Waals surface area contributed by atoms with Gasteiger partial charge in [0.2, 0.25) is 10.0 Å². The molecule has 0 unspecified atom stereocenters. The van der Waals surface area contributed by atoms with E-state index in [4.69, 9.17) is 0 Å². The molecule has 0 saturated heterocycles. The van der Waals surface area contributed by atoms with Gasteiger partial charge in [-0.25, -0.2) is 17.9 Å². The van der Waals surface area contributed by atoms with Gasteiger partial charge in [0.15, 0.2) is 0 Å². The first-order chi connectivity index (χ1) is 10.1. The van der Waals surface area contributed by atoms with Gasteiger partial charge in [-0.1, -0.05) is 0 Å². The zero-order chi connectivity index (χ0) is 17.0. The quantitative estimate of drug-likeness (QED) is 0.579. The number of ether oxygens (including phenoxy) is 1. The van der Waals surface area contributed by atoms with Crippen LogP contribution in [0.4, 0.5) is 13.2 Å². The number of carbonyl (C=O) groups is 1. The maximum Gasteiger partial charge on any atom is 0.417 e. The predicted molar refractivity (Wildman–Crippen MR) is 79.1 cm³/mol. The van der Waals surface area contributed by atoms with Crippen LogP contribution in [0.2, 0.25) is 0 Å². The first-order valence-electron chi connectivity index (χ1n) is 6.07. The molecule has 0 aliphatic rings. The van der Waals surface area contributed by atoms with E-state index in [9.17, 15) is 26.4 Å². The van der Waals surface area contributed by atoms with Crippen molar-refractivity contribution in [1.29, 1.82) is 0 Å². The molecule has 132 valence electrons. The number of hydrogen-bond donors (Lipinski definition) is 2. The van der Waals surface area contributed by atoms with Gasteiger partial charge in [0.1, 0.15) is 0 Å². The van der Waals surface area contributed by atoms with Crippen molar-refractivity contribution < 1.29 is 31.1 Å². The number of alkyl halides is 3. The lowest BCUT2D eigenvalue weighted by Gasteiger charge is -2.14. The van der Waals surface area contributed by atoms with E-state index < -0.39 is 38.2 Å². The zero-order valence-electron chi connectivity index (χ0n) is 12.2. The van der Waals surface area contributed by atoms with Crippen molar-refractivity contribution in [2.24, 2.45) is 0 Å². The summed E-state index contributed by atoms with van der Waals surface area (Å²) in [6.07, 6.45) is -4.89. The number of halogens is 4. The number of likely N-dealkylation sites (N-methyl/N-ethyl adjacent to an activating group) is 1. The largest absolute Gasteiger partial charge is 0.465 e. The lowest BCUT2D eigenvalue weighted by Crippen LogP contribution is -2.30. The minimum Gasteiger partial charge on any atom is -0.465 e. The van der Waals surface area contributed by atoms with Crippen molar-refractivity contribution in [3.8, 4) is 0 Å². The Bertz CT molecular complexity index is 650. The normalized spacial score (nSPS) is 11.7. The average Bonchev–Trinajstić information content (AvgIpc) is 2.45. The summed E-state index contributed by atoms with van der Waals surface area (Å²) in [6, 6.07) is 2.11. The fourth-order valence-corrected chi connectivity index (χ4v) is 2.66. The first-order valence-corrected chi connectivity index (χ1v) is 7.55. The van der Waals surface area contributed by atoms with E-state index in [1.54, 1.807) is 7.05 Å². The lowest BCUT2D eigenvalue weighted by molar-refractivity contribution is -0.138. The molecule has 0 fully saturated rings. The Morgan fingerprint density at radius 1 is 1.26 bits per heavy atom. The lowest BCUT2D eigenvalue weighted by atomic mass is 10.1. The number of esters is 1. The third kappa shape index (κ3) is 5.65. The number of rotatable bonds is 6. The molecule has 23 heavy (non-hydrogen) atoms. The van der Waals surface area contributed by atoms with E-state index in [2.05, 4.69) is 14.8 Å². The Labute approximate surface area is 137 Å². The molecule has 6 nitrogen and oxygen atoms in total. The molecule has 0 aromatic heterocycles. The second-order valence-electron chi connectivity index (χ2n) is 4.20. The van der Waals surface area contributed by atoms with Gasteiger partial charge in [0.25, 0.3) is 0 Å². The van der Waals surface area contributed by atoms with Gasteiger partial charge < -0.3 is 10.1 Å². The minimum atomic E-state index is -4.89. The highest BCUT2D eigenvalue weighted by molar-refractivity contribution is 7.89. The monoisotopic (exact) mass is 376 g/mol. The van der Waals surface area contributed by atoms with Gasteiger partial charge in [-0.2, -0.15) is 13.2 Å². The number of hydrogen-bond acceptors (Lipinski definition) is 5. The molecule has 1 aromatic carbocycles. The van der Waals surface area contributed by atoms with Crippen LogP contribution in [0.1, 0.15) is 15.9 Å². The summed E-state index contributed by atoms with van der Waals surface area (Å²) in [5, 5.41) is 2.69. The minimum absolute atomic E-state index is 0. The highest BCUT2D eigenvalue weighted by Crippen LogP contribution is 2.33. The van der Waals surface area contributed by atoms with Crippen LogP contribution in [0.3, 0.4) is 0 Å². The summed E-state index contributed by atoms with van der Waals surface area (Å²) in [5.74, 6) is -1.19. The maximum absolute atomic E-state index is 13.0. The Kier molecular flexibility index (Phi) is 7.98. The molecule has 1 aromatic rings. The van der Waals surface area contributed by atoms with Crippen molar-refractivity contribution in [3.63, 3.8) is 0 Å². The van der Waals surface area contributed by atoms with Crippen LogP contribution < -0.4 is 10.0 Å². The third-order valence-corrected chi connectivity index (χ3v) is 4.14. The smallest absolute Gasteiger partial charge is 0.417 e. The van der Waals surface area contributed by atoms with Gasteiger partial charge in [0, 0.05) is 13.1 Å². The molecule has 11 heteroatoms. The molecule has 0 aliphatic carbocycles. The van der Waals surface area contributed by atoms with Crippen molar-refractivity contribution in [3.05, 3.63) is 29.3 Å². The highest BCUT2D eigenvalue weighted by atomic mass is 35.5. The van der Waals surface area contributed by atoms with Crippen LogP contribution in [-0.4, -0.2) is 41.6 Å². The summed E-state index contributed by atoms with van der Waals surface area (Å²) in [6.45, 7) is 0.324. The van der Waals surface area contributed by atoms with E-state index in [0.29, 0.717) is 12.6 Å². The molecule has 0 heterocycles. The van der Waals surface area contributed by atoms with Crippen LogP contribution in [0.15, 0.2) is 23.1 Å². The summed E-state index contributed by atoms with van der Waals surface area (Å²) >= 11 is 0. The Morgan fingerprint density at radius 3 is 2.35 bits per heavy atom. The second kappa shape index (κ2) is 8.48. The Morgan fingerprint density at radius 2 is 1.87 bits per heavy atom. The molecule has 0 amide bonds. The van der Waals surface area contributed by atoms with Crippen LogP contribution >= 0.6 is 12.4 Å².